The van der Waals surface area contributed by atoms with Crippen molar-refractivity contribution in [1.82, 2.24) is 10.6 Å². The first-order chi connectivity index (χ1) is 27.2. The number of para-hydroxylation sites is 1. The van der Waals surface area contributed by atoms with E-state index >= 15 is 0 Å². The molecule has 0 aliphatic rings. The van der Waals surface area contributed by atoms with Crippen LogP contribution in [0.2, 0.25) is 5.04 Å². The van der Waals surface area contributed by atoms with Gasteiger partial charge >= 0.3 is 12.2 Å². The minimum absolute atomic E-state index is 0.210. The average Bonchev–Trinajstić information content (AvgIpc) is 3.17. The second kappa shape index (κ2) is 19.0. The number of aryl methyl sites for hydroxylation is 1. The highest BCUT2D eigenvalue weighted by atomic mass is 28.4. The average molecular weight is 786 g/mol. The van der Waals surface area contributed by atoms with Crippen LogP contribution < -0.4 is 26.3 Å². The van der Waals surface area contributed by atoms with Gasteiger partial charge in [0.25, 0.3) is 8.32 Å². The van der Waals surface area contributed by atoms with Crippen LogP contribution in [-0.4, -0.2) is 55.8 Å². The minimum atomic E-state index is -2.95. The molecule has 3 amide bonds. The molecule has 2 atom stereocenters. The number of ether oxygens (including phenoxy) is 1. The molecule has 10 heteroatoms. The summed E-state index contributed by atoms with van der Waals surface area (Å²) >= 11 is 0. The number of anilines is 1. The second-order valence-corrected chi connectivity index (χ2v) is 20.5. The number of carbonyl (C=O) groups is 3. The molecule has 0 radical (unpaired) electrons. The highest BCUT2D eigenvalue weighted by Crippen LogP contribution is 2.37. The number of alkyl carbamates (subject to hydrolysis) is 1. The number of amides is 3. The number of hydrogen-bond acceptors (Lipinski definition) is 5. The Morgan fingerprint density at radius 2 is 1.12 bits per heavy atom. The molecule has 0 spiro atoms. The van der Waals surface area contributed by atoms with E-state index in [1.165, 1.54) is 0 Å². The largest absolute Gasteiger partial charge is 0.465 e. The van der Waals surface area contributed by atoms with Gasteiger partial charge in [-0.15, -0.1) is 0 Å². The van der Waals surface area contributed by atoms with Gasteiger partial charge in [0.15, 0.2) is 0 Å². The van der Waals surface area contributed by atoms with Gasteiger partial charge in [0.05, 0.1) is 12.6 Å². The van der Waals surface area contributed by atoms with Crippen molar-refractivity contribution in [2.24, 2.45) is 0 Å². The molecule has 0 bridgehead atoms. The number of nitrogens with one attached hydrogen (secondary N) is 3. The lowest BCUT2D eigenvalue weighted by atomic mass is 9.84. The second-order valence-electron chi connectivity index (χ2n) is 16.2. The molecule has 5 aromatic rings. The van der Waals surface area contributed by atoms with Gasteiger partial charge in [-0.3, -0.25) is 4.79 Å². The molecule has 0 fully saturated rings. The summed E-state index contributed by atoms with van der Waals surface area (Å²) in [5.41, 5.74) is 2.24. The molecular formula is C47H55N3O6Si. The molecule has 57 heavy (non-hydrogen) atoms. The maximum atomic E-state index is 14.3. The van der Waals surface area contributed by atoms with Crippen molar-refractivity contribution in [2.45, 2.75) is 83.0 Å². The number of carboxylic acid groups (broad SMARTS) is 1. The minimum Gasteiger partial charge on any atom is -0.465 e. The van der Waals surface area contributed by atoms with E-state index in [1.54, 1.807) is 6.07 Å². The summed E-state index contributed by atoms with van der Waals surface area (Å²) < 4.78 is 13.0. The van der Waals surface area contributed by atoms with Crippen LogP contribution in [0.5, 0.6) is 0 Å². The Bertz CT molecular complexity index is 1970. The van der Waals surface area contributed by atoms with Crippen molar-refractivity contribution in [1.29, 1.82) is 0 Å². The molecule has 0 unspecified atom stereocenters. The van der Waals surface area contributed by atoms with Crippen molar-refractivity contribution in [3.63, 3.8) is 0 Å². The standard InChI is InChI=1S/C47H55N3O6Si/c1-46(2,3)56-45(54)48-37(33-55-57(47(4,5)6,38-26-15-9-16-27-38)39-28-17-10-18-29-39)32-31-34-21-19-20-30-40(34)49-43(51)42(50-44(52)53)41(35-22-11-7-12-23-35)36-24-13-8-14-25-36/h7-30,37,41-42,50H,31-33H2,1-6H3,(H,48,54)(H,49,51)(H,52,53)/t37-,42-/m0/s1. The Labute approximate surface area is 338 Å². The van der Waals surface area contributed by atoms with Crippen molar-refractivity contribution in [3.05, 3.63) is 162 Å². The molecule has 0 aliphatic heterocycles. The molecule has 9 nitrogen and oxygen atoms in total. The highest BCUT2D eigenvalue weighted by molar-refractivity contribution is 6.99. The van der Waals surface area contributed by atoms with Gasteiger partial charge < -0.3 is 30.2 Å². The Kier molecular flexibility index (Phi) is 14.1. The van der Waals surface area contributed by atoms with Crippen LogP contribution in [0.15, 0.2) is 146 Å². The maximum absolute atomic E-state index is 14.3. The van der Waals surface area contributed by atoms with E-state index in [0.29, 0.717) is 18.5 Å². The first-order valence-corrected chi connectivity index (χ1v) is 21.3. The van der Waals surface area contributed by atoms with Crippen molar-refractivity contribution < 1.29 is 28.7 Å². The van der Waals surface area contributed by atoms with Gasteiger partial charge in [-0.1, -0.05) is 160 Å². The summed E-state index contributed by atoms with van der Waals surface area (Å²) in [5.74, 6) is -1.10. The quantitative estimate of drug-likeness (QED) is 0.0790. The fourth-order valence-electron chi connectivity index (χ4n) is 7.39. The van der Waals surface area contributed by atoms with E-state index in [-0.39, 0.29) is 11.6 Å². The molecule has 0 aliphatic carbocycles. The number of carbonyl (C=O) groups excluding carboxylic acids is 2. The molecule has 5 rings (SSSR count). The lowest BCUT2D eigenvalue weighted by Gasteiger charge is -2.43. The Balaban J connectivity index is 1.44. The predicted octanol–water partition coefficient (Wildman–Crippen LogP) is 8.50. The first-order valence-electron chi connectivity index (χ1n) is 19.4. The lowest BCUT2D eigenvalue weighted by Crippen LogP contribution is -2.67. The fourth-order valence-corrected chi connectivity index (χ4v) is 12.0. The van der Waals surface area contributed by atoms with Gasteiger partial charge in [0.1, 0.15) is 11.6 Å². The van der Waals surface area contributed by atoms with E-state index in [2.05, 4.69) is 61.0 Å². The molecule has 5 aromatic carbocycles. The van der Waals surface area contributed by atoms with Gasteiger partial charge in [-0.2, -0.15) is 0 Å². The number of benzene rings is 5. The van der Waals surface area contributed by atoms with Crippen LogP contribution >= 0.6 is 0 Å². The normalized spacial score (nSPS) is 13.0. The lowest BCUT2D eigenvalue weighted by molar-refractivity contribution is -0.118. The van der Waals surface area contributed by atoms with Crippen molar-refractivity contribution >= 4 is 42.5 Å². The van der Waals surface area contributed by atoms with E-state index in [0.717, 1.165) is 27.1 Å². The molecular weight excluding hydrogens is 731 g/mol. The predicted molar refractivity (Wildman–Crippen MR) is 230 cm³/mol. The highest BCUT2D eigenvalue weighted by Gasteiger charge is 2.50. The van der Waals surface area contributed by atoms with Crippen LogP contribution in [0.4, 0.5) is 15.3 Å². The Morgan fingerprint density at radius 3 is 1.60 bits per heavy atom. The fraction of sp³-hybridized carbons (Fsp3) is 0.298. The van der Waals surface area contributed by atoms with E-state index in [4.69, 9.17) is 9.16 Å². The third-order valence-electron chi connectivity index (χ3n) is 9.89. The smallest absolute Gasteiger partial charge is 0.407 e. The van der Waals surface area contributed by atoms with E-state index < -0.39 is 50.0 Å². The third kappa shape index (κ3) is 11.2. The van der Waals surface area contributed by atoms with Crippen LogP contribution in [0, 0.1) is 0 Å². The summed E-state index contributed by atoms with van der Waals surface area (Å²) in [5, 5.41) is 20.6. The van der Waals surface area contributed by atoms with E-state index in [1.807, 2.05) is 136 Å². The zero-order chi connectivity index (χ0) is 41.1. The van der Waals surface area contributed by atoms with Crippen LogP contribution in [0.3, 0.4) is 0 Å². The molecule has 0 aromatic heterocycles. The summed E-state index contributed by atoms with van der Waals surface area (Å²) in [6.45, 7) is 12.3. The summed E-state index contributed by atoms with van der Waals surface area (Å²) in [6.07, 6.45) is -0.941. The van der Waals surface area contributed by atoms with Crippen LogP contribution in [0.25, 0.3) is 0 Å². The zero-order valence-electron chi connectivity index (χ0n) is 33.7. The third-order valence-corrected chi connectivity index (χ3v) is 14.9. The van der Waals surface area contributed by atoms with Crippen molar-refractivity contribution in [2.75, 3.05) is 11.9 Å². The first kappa shape index (κ1) is 42.4. The van der Waals surface area contributed by atoms with Gasteiger partial charge in [-0.05, 0) is 71.8 Å². The maximum Gasteiger partial charge on any atom is 0.407 e. The molecule has 0 heterocycles. The molecule has 0 saturated carbocycles. The monoisotopic (exact) mass is 785 g/mol. The number of hydrogen-bond donors (Lipinski definition) is 4. The van der Waals surface area contributed by atoms with E-state index in [9.17, 15) is 19.5 Å². The zero-order valence-corrected chi connectivity index (χ0v) is 34.7. The summed E-state index contributed by atoms with van der Waals surface area (Å²) in [4.78, 5) is 39.8. The molecule has 298 valence electrons. The molecule has 0 saturated heterocycles. The van der Waals surface area contributed by atoms with Gasteiger partial charge in [0, 0.05) is 11.6 Å². The Hall–Kier alpha value is -5.71. The van der Waals surface area contributed by atoms with Crippen LogP contribution in [0.1, 0.15) is 70.6 Å². The van der Waals surface area contributed by atoms with Crippen LogP contribution in [-0.2, 0) is 20.4 Å². The SMILES string of the molecule is CC(C)(C)OC(=O)N[C@@H](CCc1ccccc1NC(=O)[C@@H](NC(=O)O)C(c1ccccc1)c1ccccc1)CO[Si](c1ccccc1)(c1ccccc1)C(C)(C)C. The van der Waals surface area contributed by atoms with Gasteiger partial charge in [-0.25, -0.2) is 9.59 Å². The molecule has 4 N–H and O–H groups in total. The Morgan fingerprint density at radius 1 is 0.649 bits per heavy atom. The topological polar surface area (TPSA) is 126 Å². The number of rotatable bonds is 15. The van der Waals surface area contributed by atoms with Crippen molar-refractivity contribution in [3.8, 4) is 0 Å². The summed E-state index contributed by atoms with van der Waals surface area (Å²) in [6, 6.07) is 45.3. The van der Waals surface area contributed by atoms with Gasteiger partial charge in [0.2, 0.25) is 5.91 Å². The summed E-state index contributed by atoms with van der Waals surface area (Å²) in [7, 11) is -2.95.